The van der Waals surface area contributed by atoms with E-state index in [1.807, 2.05) is 6.07 Å². The summed E-state index contributed by atoms with van der Waals surface area (Å²) in [5, 5.41) is 3.54. The molecule has 0 aliphatic rings. The predicted molar refractivity (Wildman–Crippen MR) is 78.1 cm³/mol. The first-order valence-corrected chi connectivity index (χ1v) is 7.09. The van der Waals surface area contributed by atoms with Gasteiger partial charge in [-0.3, -0.25) is 0 Å². The molecule has 0 unspecified atom stereocenters. The summed E-state index contributed by atoms with van der Waals surface area (Å²) in [6, 6.07) is 8.80. The van der Waals surface area contributed by atoms with Crippen molar-refractivity contribution in [2.24, 2.45) is 5.92 Å². The molecule has 0 radical (unpaired) electrons. The summed E-state index contributed by atoms with van der Waals surface area (Å²) >= 11 is 0. The van der Waals surface area contributed by atoms with Crippen molar-refractivity contribution in [2.75, 3.05) is 13.2 Å². The van der Waals surface area contributed by atoms with Gasteiger partial charge in [-0.1, -0.05) is 39.3 Å². The highest BCUT2D eigenvalue weighted by atomic mass is 16.5. The highest BCUT2D eigenvalue weighted by Gasteiger charge is 2.05. The van der Waals surface area contributed by atoms with E-state index in [4.69, 9.17) is 4.74 Å². The Morgan fingerprint density at radius 3 is 2.67 bits per heavy atom. The third-order valence-electron chi connectivity index (χ3n) is 2.92. The fourth-order valence-corrected chi connectivity index (χ4v) is 1.75. The van der Waals surface area contributed by atoms with Gasteiger partial charge < -0.3 is 10.1 Å². The van der Waals surface area contributed by atoms with Gasteiger partial charge in [0.15, 0.2) is 0 Å². The number of unbranched alkanes of at least 4 members (excludes halogenated alkanes) is 1. The monoisotopic (exact) mass is 249 g/mol. The highest BCUT2D eigenvalue weighted by molar-refractivity contribution is 5.30. The Morgan fingerprint density at radius 1 is 1.22 bits per heavy atom. The summed E-state index contributed by atoms with van der Waals surface area (Å²) in [6.45, 7) is 10.6. The normalized spacial score (nSPS) is 12.7. The predicted octanol–water partition coefficient (Wildman–Crippen LogP) is 4.17. The van der Waals surface area contributed by atoms with Crippen LogP contribution in [0.4, 0.5) is 0 Å². The number of rotatable bonds is 8. The maximum absolute atomic E-state index is 5.76. The van der Waals surface area contributed by atoms with Crippen molar-refractivity contribution in [2.45, 2.75) is 46.6 Å². The Balaban J connectivity index is 2.52. The molecule has 2 nitrogen and oxygen atoms in total. The number of hydrogen-bond donors (Lipinski definition) is 1. The third-order valence-corrected chi connectivity index (χ3v) is 2.92. The van der Waals surface area contributed by atoms with Crippen molar-refractivity contribution >= 4 is 0 Å². The van der Waals surface area contributed by atoms with E-state index in [2.05, 4.69) is 51.2 Å². The Bertz CT molecular complexity index is 336. The van der Waals surface area contributed by atoms with Crippen LogP contribution in [0, 0.1) is 5.92 Å². The summed E-state index contributed by atoms with van der Waals surface area (Å²) in [7, 11) is 0. The second kappa shape index (κ2) is 8.15. The Hall–Kier alpha value is -1.02. The van der Waals surface area contributed by atoms with Crippen molar-refractivity contribution in [1.29, 1.82) is 0 Å². The van der Waals surface area contributed by atoms with E-state index in [1.54, 1.807) is 0 Å². The lowest BCUT2D eigenvalue weighted by molar-refractivity contribution is 0.270. The lowest BCUT2D eigenvalue weighted by atomic mass is 10.1. The molecule has 0 aliphatic heterocycles. The molecule has 0 fully saturated rings. The first-order valence-electron chi connectivity index (χ1n) is 7.09. The van der Waals surface area contributed by atoms with Crippen LogP contribution in [0.1, 0.15) is 52.1 Å². The molecule has 0 aromatic heterocycles. The quantitative estimate of drug-likeness (QED) is 0.698. The lowest BCUT2D eigenvalue weighted by Crippen LogP contribution is -2.19. The number of ether oxygens (including phenoxy) is 1. The van der Waals surface area contributed by atoms with Gasteiger partial charge in [-0.2, -0.15) is 0 Å². The minimum absolute atomic E-state index is 0.388. The molecule has 0 spiro atoms. The molecule has 0 aliphatic carbocycles. The smallest absolute Gasteiger partial charge is 0.119 e. The summed E-state index contributed by atoms with van der Waals surface area (Å²) in [4.78, 5) is 0. The van der Waals surface area contributed by atoms with E-state index >= 15 is 0 Å². The van der Waals surface area contributed by atoms with Gasteiger partial charge in [0.2, 0.25) is 0 Å². The maximum Gasteiger partial charge on any atom is 0.119 e. The molecule has 18 heavy (non-hydrogen) atoms. The van der Waals surface area contributed by atoms with Crippen LogP contribution in [0.15, 0.2) is 24.3 Å². The highest BCUT2D eigenvalue weighted by Crippen LogP contribution is 2.19. The van der Waals surface area contributed by atoms with Crippen molar-refractivity contribution in [3.8, 4) is 5.75 Å². The van der Waals surface area contributed by atoms with Crippen LogP contribution in [-0.4, -0.2) is 13.2 Å². The van der Waals surface area contributed by atoms with E-state index in [0.717, 1.165) is 18.9 Å². The Kier molecular flexibility index (Phi) is 6.81. The zero-order valence-electron chi connectivity index (χ0n) is 12.2. The molecule has 1 rings (SSSR count). The lowest BCUT2D eigenvalue weighted by Gasteiger charge is -2.16. The van der Waals surface area contributed by atoms with Crippen LogP contribution in [-0.2, 0) is 0 Å². The van der Waals surface area contributed by atoms with Crippen molar-refractivity contribution in [3.63, 3.8) is 0 Å². The van der Waals surface area contributed by atoms with Gasteiger partial charge >= 0.3 is 0 Å². The first kappa shape index (κ1) is 15.0. The van der Waals surface area contributed by atoms with Crippen LogP contribution < -0.4 is 10.1 Å². The summed E-state index contributed by atoms with van der Waals surface area (Å²) in [6.07, 6.45) is 2.46. The van der Waals surface area contributed by atoms with E-state index in [1.165, 1.54) is 18.4 Å². The van der Waals surface area contributed by atoms with Gasteiger partial charge in [-0.15, -0.1) is 0 Å². The van der Waals surface area contributed by atoms with Crippen molar-refractivity contribution < 1.29 is 4.74 Å². The maximum atomic E-state index is 5.76. The molecule has 0 bridgehead atoms. The summed E-state index contributed by atoms with van der Waals surface area (Å²) < 4.78 is 5.76. The first-order chi connectivity index (χ1) is 8.63. The van der Waals surface area contributed by atoms with Crippen molar-refractivity contribution in [3.05, 3.63) is 29.8 Å². The second-order valence-corrected chi connectivity index (χ2v) is 5.31. The van der Waals surface area contributed by atoms with Crippen LogP contribution in [0.5, 0.6) is 5.75 Å². The topological polar surface area (TPSA) is 21.3 Å². The van der Waals surface area contributed by atoms with E-state index in [9.17, 15) is 0 Å². The molecule has 0 saturated heterocycles. The standard InChI is InChI=1S/C16H27NO/c1-5-6-10-17-14(4)15-8-7-9-16(11-15)18-12-13(2)3/h7-9,11,13-14,17H,5-6,10,12H2,1-4H3/t14-/m0/s1. The average Bonchev–Trinajstić information content (AvgIpc) is 2.37. The van der Waals surface area contributed by atoms with Gasteiger partial charge in [0.25, 0.3) is 0 Å². The molecular weight excluding hydrogens is 222 g/mol. The molecule has 1 atom stereocenters. The number of hydrogen-bond acceptors (Lipinski definition) is 2. The molecule has 1 aromatic carbocycles. The minimum atomic E-state index is 0.388. The molecule has 0 saturated carbocycles. The van der Waals surface area contributed by atoms with Crippen LogP contribution in [0.2, 0.25) is 0 Å². The van der Waals surface area contributed by atoms with Crippen molar-refractivity contribution in [1.82, 2.24) is 5.32 Å². The van der Waals surface area contributed by atoms with Gasteiger partial charge in [0.05, 0.1) is 6.61 Å². The van der Waals surface area contributed by atoms with Crippen LogP contribution >= 0.6 is 0 Å². The molecule has 2 heteroatoms. The molecule has 102 valence electrons. The van der Waals surface area contributed by atoms with E-state index in [-0.39, 0.29) is 0 Å². The van der Waals surface area contributed by atoms with E-state index < -0.39 is 0 Å². The van der Waals surface area contributed by atoms with Crippen LogP contribution in [0.25, 0.3) is 0 Å². The zero-order chi connectivity index (χ0) is 13.4. The second-order valence-electron chi connectivity index (χ2n) is 5.31. The number of benzene rings is 1. The van der Waals surface area contributed by atoms with Crippen LogP contribution in [0.3, 0.4) is 0 Å². The Morgan fingerprint density at radius 2 is 2.00 bits per heavy atom. The number of nitrogens with one attached hydrogen (secondary N) is 1. The van der Waals surface area contributed by atoms with Gasteiger partial charge in [-0.05, 0) is 43.5 Å². The zero-order valence-corrected chi connectivity index (χ0v) is 12.2. The SMILES string of the molecule is CCCCN[C@@H](C)c1cccc(OCC(C)C)c1. The van der Waals surface area contributed by atoms with Gasteiger partial charge in [0.1, 0.15) is 5.75 Å². The third kappa shape index (κ3) is 5.54. The Labute approximate surface area is 112 Å². The molecular formula is C16H27NO. The molecule has 1 N–H and O–H groups in total. The molecule has 0 amide bonds. The largest absolute Gasteiger partial charge is 0.493 e. The fourth-order valence-electron chi connectivity index (χ4n) is 1.75. The summed E-state index contributed by atoms with van der Waals surface area (Å²) in [5.41, 5.74) is 1.30. The summed E-state index contributed by atoms with van der Waals surface area (Å²) in [5.74, 6) is 1.54. The minimum Gasteiger partial charge on any atom is -0.493 e. The molecule has 0 heterocycles. The van der Waals surface area contributed by atoms with E-state index in [0.29, 0.717) is 12.0 Å². The molecule has 1 aromatic rings. The van der Waals surface area contributed by atoms with Gasteiger partial charge in [-0.25, -0.2) is 0 Å². The average molecular weight is 249 g/mol. The van der Waals surface area contributed by atoms with Gasteiger partial charge in [0, 0.05) is 6.04 Å². The fraction of sp³-hybridized carbons (Fsp3) is 0.625.